The van der Waals surface area contributed by atoms with Crippen LogP contribution in [0.5, 0.6) is 5.75 Å². The summed E-state index contributed by atoms with van der Waals surface area (Å²) in [5.41, 5.74) is 2.00. The smallest absolute Gasteiger partial charge is 0.115 e. The number of hydrogen-bond donors (Lipinski definition) is 2. The maximum atomic E-state index is 9.37. The van der Waals surface area contributed by atoms with E-state index in [4.69, 9.17) is 0 Å². The van der Waals surface area contributed by atoms with Crippen molar-refractivity contribution in [3.63, 3.8) is 0 Å². The maximum Gasteiger partial charge on any atom is 0.115 e. The third kappa shape index (κ3) is 2.77. The van der Waals surface area contributed by atoms with E-state index in [1.54, 1.807) is 12.1 Å². The number of phenolic OH excluding ortho intramolecular Hbond substituents is 1. The Kier molecular flexibility index (Phi) is 3.48. The number of nitrogens with one attached hydrogen (secondary N) is 1. The van der Waals surface area contributed by atoms with Crippen LogP contribution in [-0.4, -0.2) is 14.7 Å². The first-order chi connectivity index (χ1) is 7.75. The van der Waals surface area contributed by atoms with Crippen LogP contribution in [0.4, 0.5) is 0 Å². The van der Waals surface area contributed by atoms with Crippen LogP contribution in [0.1, 0.15) is 24.2 Å². The van der Waals surface area contributed by atoms with Crippen molar-refractivity contribution < 1.29 is 5.11 Å². The third-order valence-corrected chi connectivity index (χ3v) is 2.92. The Morgan fingerprint density at radius 3 is 3.06 bits per heavy atom. The summed E-state index contributed by atoms with van der Waals surface area (Å²) in [6.45, 7) is 2.74. The van der Waals surface area contributed by atoms with E-state index in [9.17, 15) is 5.11 Å². The highest BCUT2D eigenvalue weighted by atomic mass is 32.1. The van der Waals surface area contributed by atoms with Gasteiger partial charge in [0, 0.05) is 18.0 Å². The van der Waals surface area contributed by atoms with Crippen LogP contribution in [-0.2, 0) is 6.54 Å². The lowest BCUT2D eigenvalue weighted by molar-refractivity contribution is 0.472. The van der Waals surface area contributed by atoms with Gasteiger partial charge < -0.3 is 10.4 Å². The zero-order valence-electron chi connectivity index (χ0n) is 8.92. The number of aromatic hydroxyl groups is 1. The molecule has 16 heavy (non-hydrogen) atoms. The Morgan fingerprint density at radius 1 is 1.50 bits per heavy atom. The second-order valence-electron chi connectivity index (χ2n) is 3.59. The summed E-state index contributed by atoms with van der Waals surface area (Å²) in [7, 11) is 0. The first kappa shape index (κ1) is 11.0. The molecule has 1 aromatic heterocycles. The summed E-state index contributed by atoms with van der Waals surface area (Å²) in [6.07, 6.45) is 0. The summed E-state index contributed by atoms with van der Waals surface area (Å²) < 4.78 is 3.80. The molecular formula is C11H13N3OS. The molecule has 0 spiro atoms. The third-order valence-electron chi connectivity index (χ3n) is 2.36. The fraction of sp³-hybridized carbons (Fsp3) is 0.273. The SMILES string of the molecule is C[C@@H](NCc1csnn1)c1cccc(O)c1. The highest BCUT2D eigenvalue weighted by Gasteiger charge is 2.06. The van der Waals surface area contributed by atoms with Gasteiger partial charge >= 0.3 is 0 Å². The standard InChI is InChI=1S/C11H13N3OS/c1-8(9-3-2-4-11(15)5-9)12-6-10-7-16-14-13-10/h2-5,7-8,12,15H,6H2,1H3/t8-/m1/s1. The van der Waals surface area contributed by atoms with Gasteiger partial charge in [-0.25, -0.2) is 0 Å². The Labute approximate surface area is 98.1 Å². The fourth-order valence-corrected chi connectivity index (χ4v) is 1.88. The van der Waals surface area contributed by atoms with Crippen molar-refractivity contribution >= 4 is 11.5 Å². The molecule has 1 heterocycles. The Balaban J connectivity index is 1.95. The van der Waals surface area contributed by atoms with Crippen LogP contribution >= 0.6 is 11.5 Å². The Hall–Kier alpha value is -1.46. The van der Waals surface area contributed by atoms with Crippen LogP contribution in [0, 0.1) is 0 Å². The number of phenols is 1. The van der Waals surface area contributed by atoms with Gasteiger partial charge in [0.25, 0.3) is 0 Å². The highest BCUT2D eigenvalue weighted by Crippen LogP contribution is 2.17. The summed E-state index contributed by atoms with van der Waals surface area (Å²) in [6, 6.07) is 7.43. The molecule has 0 aliphatic rings. The second-order valence-corrected chi connectivity index (χ2v) is 4.20. The summed E-state index contributed by atoms with van der Waals surface area (Å²) in [4.78, 5) is 0. The molecule has 1 aromatic carbocycles. The minimum absolute atomic E-state index is 0.175. The van der Waals surface area contributed by atoms with Crippen molar-refractivity contribution in [3.05, 3.63) is 40.9 Å². The largest absolute Gasteiger partial charge is 0.508 e. The molecule has 0 saturated heterocycles. The first-order valence-corrected chi connectivity index (χ1v) is 5.87. The monoisotopic (exact) mass is 235 g/mol. The van der Waals surface area contributed by atoms with Crippen LogP contribution in [0.2, 0.25) is 0 Å². The highest BCUT2D eigenvalue weighted by molar-refractivity contribution is 7.03. The van der Waals surface area contributed by atoms with Gasteiger partial charge in [-0.15, -0.1) is 5.10 Å². The molecule has 4 nitrogen and oxygen atoms in total. The van der Waals surface area contributed by atoms with Crippen molar-refractivity contribution in [1.29, 1.82) is 0 Å². The van der Waals surface area contributed by atoms with Crippen molar-refractivity contribution in [2.24, 2.45) is 0 Å². The van der Waals surface area contributed by atoms with Crippen molar-refractivity contribution in [2.75, 3.05) is 0 Å². The van der Waals surface area contributed by atoms with E-state index in [0.717, 1.165) is 11.3 Å². The molecule has 2 N–H and O–H groups in total. The molecule has 84 valence electrons. The molecule has 5 heteroatoms. The fourth-order valence-electron chi connectivity index (χ4n) is 1.43. The number of rotatable bonds is 4. The van der Waals surface area contributed by atoms with Gasteiger partial charge in [-0.2, -0.15) is 0 Å². The summed E-state index contributed by atoms with van der Waals surface area (Å²) in [5.74, 6) is 0.293. The van der Waals surface area contributed by atoms with Gasteiger partial charge in [0.15, 0.2) is 0 Å². The van der Waals surface area contributed by atoms with Crippen LogP contribution in [0.25, 0.3) is 0 Å². The van der Waals surface area contributed by atoms with E-state index in [-0.39, 0.29) is 6.04 Å². The van der Waals surface area contributed by atoms with Gasteiger partial charge in [-0.1, -0.05) is 16.6 Å². The summed E-state index contributed by atoms with van der Waals surface area (Å²) >= 11 is 1.35. The van der Waals surface area contributed by atoms with Gasteiger partial charge in [-0.05, 0) is 36.2 Å². The zero-order valence-corrected chi connectivity index (χ0v) is 9.74. The molecule has 0 aliphatic carbocycles. The van der Waals surface area contributed by atoms with Crippen molar-refractivity contribution in [1.82, 2.24) is 14.9 Å². The van der Waals surface area contributed by atoms with Crippen molar-refractivity contribution in [2.45, 2.75) is 19.5 Å². The molecule has 0 radical (unpaired) electrons. The molecule has 0 saturated carbocycles. The molecular weight excluding hydrogens is 222 g/mol. The van der Waals surface area contributed by atoms with E-state index in [0.29, 0.717) is 12.3 Å². The van der Waals surface area contributed by atoms with E-state index in [1.807, 2.05) is 17.5 Å². The van der Waals surface area contributed by atoms with E-state index in [2.05, 4.69) is 21.8 Å². The zero-order chi connectivity index (χ0) is 11.4. The topological polar surface area (TPSA) is 58.0 Å². The second kappa shape index (κ2) is 5.05. The van der Waals surface area contributed by atoms with Crippen LogP contribution < -0.4 is 5.32 Å². The van der Waals surface area contributed by atoms with E-state index >= 15 is 0 Å². The first-order valence-electron chi connectivity index (χ1n) is 5.04. The van der Waals surface area contributed by atoms with Crippen molar-refractivity contribution in [3.8, 4) is 5.75 Å². The Bertz CT molecular complexity index is 444. The minimum atomic E-state index is 0.175. The average Bonchev–Trinajstić information content (AvgIpc) is 2.78. The number of nitrogens with zero attached hydrogens (tertiary/aromatic N) is 2. The molecule has 2 rings (SSSR count). The van der Waals surface area contributed by atoms with E-state index in [1.165, 1.54) is 11.5 Å². The van der Waals surface area contributed by atoms with E-state index < -0.39 is 0 Å². The molecule has 0 unspecified atom stereocenters. The van der Waals surface area contributed by atoms with Gasteiger partial charge in [0.05, 0.1) is 5.69 Å². The summed E-state index contributed by atoms with van der Waals surface area (Å²) in [5, 5.41) is 18.6. The minimum Gasteiger partial charge on any atom is -0.508 e. The van der Waals surface area contributed by atoms with Crippen LogP contribution in [0.3, 0.4) is 0 Å². The quantitative estimate of drug-likeness (QED) is 0.852. The van der Waals surface area contributed by atoms with Gasteiger partial charge in [0.1, 0.15) is 5.75 Å². The lowest BCUT2D eigenvalue weighted by Crippen LogP contribution is -2.18. The molecule has 0 amide bonds. The van der Waals surface area contributed by atoms with Crippen LogP contribution in [0.15, 0.2) is 29.6 Å². The molecule has 0 fully saturated rings. The van der Waals surface area contributed by atoms with Gasteiger partial charge in [-0.3, -0.25) is 0 Å². The number of hydrogen-bond acceptors (Lipinski definition) is 5. The lowest BCUT2D eigenvalue weighted by atomic mass is 10.1. The molecule has 2 aromatic rings. The predicted octanol–water partition coefficient (Wildman–Crippen LogP) is 2.09. The lowest BCUT2D eigenvalue weighted by Gasteiger charge is -2.13. The maximum absolute atomic E-state index is 9.37. The molecule has 1 atom stereocenters. The average molecular weight is 235 g/mol. The Morgan fingerprint density at radius 2 is 2.38 bits per heavy atom. The molecule has 0 aliphatic heterocycles. The molecule has 0 bridgehead atoms. The van der Waals surface area contributed by atoms with Gasteiger partial charge in [0.2, 0.25) is 0 Å². The predicted molar refractivity (Wildman–Crippen MR) is 63.3 cm³/mol. The normalized spacial score (nSPS) is 12.6. The number of aromatic nitrogens is 2. The number of benzene rings is 1.